The third kappa shape index (κ3) is 8.56. The lowest BCUT2D eigenvalue weighted by Gasteiger charge is -2.35. The second-order valence-corrected chi connectivity index (χ2v) is 9.49. The molecule has 1 atom stereocenters. The third-order valence-corrected chi connectivity index (χ3v) is 6.57. The SMILES string of the molecule is CCC(Cc1ccccc1)(c1cccc(OC(C)(F)F)c1)c1cccc(OC(F)(F)F)c1.CCc1cn[nH]c1C. The number of hydrogen-bond acceptors (Lipinski definition) is 3. The molecule has 1 aromatic heterocycles. The number of ether oxygens (including phenoxy) is 2. The molecule has 40 heavy (non-hydrogen) atoms. The van der Waals surface area contributed by atoms with Gasteiger partial charge in [-0.15, -0.1) is 13.2 Å². The van der Waals surface area contributed by atoms with E-state index in [4.69, 9.17) is 4.74 Å². The summed E-state index contributed by atoms with van der Waals surface area (Å²) < 4.78 is 74.3. The van der Waals surface area contributed by atoms with Crippen LogP contribution < -0.4 is 9.47 Å². The summed E-state index contributed by atoms with van der Waals surface area (Å²) in [5, 5.41) is 6.74. The normalized spacial score (nSPS) is 13.1. The van der Waals surface area contributed by atoms with E-state index in [9.17, 15) is 22.0 Å². The first kappa shape index (κ1) is 30.7. The fourth-order valence-electron chi connectivity index (χ4n) is 4.64. The Morgan fingerprint density at radius 1 is 0.775 bits per heavy atom. The molecule has 4 nitrogen and oxygen atoms in total. The Morgan fingerprint density at radius 3 is 1.77 bits per heavy atom. The molecule has 1 heterocycles. The van der Waals surface area contributed by atoms with E-state index >= 15 is 0 Å². The number of nitrogens with zero attached hydrogens (tertiary/aromatic N) is 1. The van der Waals surface area contributed by atoms with Crippen molar-refractivity contribution in [2.24, 2.45) is 0 Å². The van der Waals surface area contributed by atoms with E-state index in [1.54, 1.807) is 18.2 Å². The average Bonchev–Trinajstić information content (AvgIpc) is 3.31. The largest absolute Gasteiger partial charge is 0.573 e. The zero-order valence-electron chi connectivity index (χ0n) is 22.9. The van der Waals surface area contributed by atoms with Gasteiger partial charge in [-0.2, -0.15) is 13.9 Å². The van der Waals surface area contributed by atoms with Crippen LogP contribution in [-0.2, 0) is 18.3 Å². The van der Waals surface area contributed by atoms with Gasteiger partial charge in [-0.25, -0.2) is 0 Å². The number of benzene rings is 3. The number of alkyl halides is 5. The Bertz CT molecular complexity index is 1290. The van der Waals surface area contributed by atoms with Crippen LogP contribution in [0.15, 0.2) is 85.1 Å². The van der Waals surface area contributed by atoms with Crippen LogP contribution in [0.2, 0.25) is 0 Å². The third-order valence-electron chi connectivity index (χ3n) is 6.57. The first-order valence-electron chi connectivity index (χ1n) is 12.9. The van der Waals surface area contributed by atoms with Gasteiger partial charge in [0.15, 0.2) is 0 Å². The van der Waals surface area contributed by atoms with Crippen LogP contribution in [0.4, 0.5) is 22.0 Å². The molecule has 0 aliphatic heterocycles. The highest BCUT2D eigenvalue weighted by Gasteiger charge is 2.36. The van der Waals surface area contributed by atoms with Gasteiger partial charge in [0.05, 0.1) is 6.20 Å². The van der Waals surface area contributed by atoms with E-state index in [0.717, 1.165) is 12.0 Å². The zero-order valence-corrected chi connectivity index (χ0v) is 22.9. The van der Waals surface area contributed by atoms with Gasteiger partial charge in [0, 0.05) is 18.0 Å². The van der Waals surface area contributed by atoms with Crippen LogP contribution in [0.5, 0.6) is 11.5 Å². The Hall–Kier alpha value is -3.88. The minimum absolute atomic E-state index is 0.0245. The maximum absolute atomic E-state index is 13.5. The zero-order chi connectivity index (χ0) is 29.4. The Morgan fingerprint density at radius 2 is 1.35 bits per heavy atom. The van der Waals surface area contributed by atoms with Gasteiger partial charge in [0.1, 0.15) is 11.5 Å². The van der Waals surface area contributed by atoms with Crippen LogP contribution >= 0.6 is 0 Å². The molecular formula is C31H33F5N2O2. The molecular weight excluding hydrogens is 527 g/mol. The summed E-state index contributed by atoms with van der Waals surface area (Å²) in [6.45, 7) is 6.71. The van der Waals surface area contributed by atoms with Crippen LogP contribution in [0.25, 0.3) is 0 Å². The molecule has 0 aliphatic carbocycles. The van der Waals surface area contributed by atoms with Crippen molar-refractivity contribution in [3.8, 4) is 11.5 Å². The molecule has 0 bridgehead atoms. The molecule has 0 spiro atoms. The van der Waals surface area contributed by atoms with Crippen LogP contribution in [0, 0.1) is 6.92 Å². The molecule has 0 aliphatic rings. The second kappa shape index (κ2) is 13.0. The molecule has 0 radical (unpaired) electrons. The predicted molar refractivity (Wildman–Crippen MR) is 145 cm³/mol. The van der Waals surface area contributed by atoms with Gasteiger partial charge in [0.25, 0.3) is 0 Å². The molecule has 9 heteroatoms. The molecule has 0 amide bonds. The van der Waals surface area contributed by atoms with E-state index < -0.39 is 17.9 Å². The maximum Gasteiger partial charge on any atom is 0.573 e. The summed E-state index contributed by atoms with van der Waals surface area (Å²) in [6.07, 6.45) is -4.33. The number of H-pyrrole nitrogens is 1. The van der Waals surface area contributed by atoms with Gasteiger partial charge in [0.2, 0.25) is 0 Å². The molecule has 4 rings (SSSR count). The molecule has 4 aromatic rings. The van der Waals surface area contributed by atoms with Gasteiger partial charge in [-0.1, -0.05) is 68.4 Å². The summed E-state index contributed by atoms with van der Waals surface area (Å²) in [6, 6.07) is 21.5. The molecule has 0 fully saturated rings. The lowest BCUT2D eigenvalue weighted by atomic mass is 9.68. The topological polar surface area (TPSA) is 47.1 Å². The monoisotopic (exact) mass is 560 g/mol. The molecule has 0 saturated heterocycles. The lowest BCUT2D eigenvalue weighted by molar-refractivity contribution is -0.274. The van der Waals surface area contributed by atoms with E-state index in [0.29, 0.717) is 30.9 Å². The first-order valence-corrected chi connectivity index (χ1v) is 12.9. The highest BCUT2D eigenvalue weighted by atomic mass is 19.4. The van der Waals surface area contributed by atoms with Crippen molar-refractivity contribution in [1.29, 1.82) is 0 Å². The molecule has 1 unspecified atom stereocenters. The second-order valence-electron chi connectivity index (χ2n) is 9.49. The Balaban J connectivity index is 0.000000472. The Labute approximate surface area is 231 Å². The van der Waals surface area contributed by atoms with Crippen molar-refractivity contribution in [1.82, 2.24) is 10.2 Å². The Kier molecular flexibility index (Phi) is 9.95. The smallest absolute Gasteiger partial charge is 0.433 e. The molecule has 214 valence electrons. The van der Waals surface area contributed by atoms with E-state index in [1.807, 2.05) is 50.4 Å². The van der Waals surface area contributed by atoms with Crippen molar-refractivity contribution in [3.05, 3.63) is 113 Å². The number of nitrogens with one attached hydrogen (secondary N) is 1. The van der Waals surface area contributed by atoms with Crippen LogP contribution in [-0.4, -0.2) is 22.7 Å². The molecule has 3 aromatic carbocycles. The maximum atomic E-state index is 13.5. The van der Waals surface area contributed by atoms with Crippen molar-refractivity contribution in [2.45, 2.75) is 64.8 Å². The van der Waals surface area contributed by atoms with Gasteiger partial charge in [-0.3, -0.25) is 5.10 Å². The number of hydrogen-bond donors (Lipinski definition) is 1. The summed E-state index contributed by atoms with van der Waals surface area (Å²) in [5.41, 5.74) is 3.86. The van der Waals surface area contributed by atoms with Gasteiger partial charge < -0.3 is 9.47 Å². The highest BCUT2D eigenvalue weighted by Crippen LogP contribution is 2.42. The van der Waals surface area contributed by atoms with Crippen molar-refractivity contribution >= 4 is 0 Å². The number of rotatable bonds is 9. The standard InChI is InChI=1S/C25H23F5O2.C6H10N2/c1-3-24(17-18-9-5-4-6-10-18,19-11-7-13-21(15-19)31-23(2,26)27)20-12-8-14-22(16-20)32-25(28,29)30;1-3-6-4-7-8-5(6)2/h4-16H,3,17H2,1-2H3;4H,3H2,1-2H3,(H,7,8). The highest BCUT2D eigenvalue weighted by molar-refractivity contribution is 5.46. The molecule has 0 saturated carbocycles. The van der Waals surface area contributed by atoms with Gasteiger partial charge >= 0.3 is 12.5 Å². The minimum Gasteiger partial charge on any atom is -0.433 e. The quantitative estimate of drug-likeness (QED) is 0.208. The van der Waals surface area contributed by atoms with Crippen LogP contribution in [0.3, 0.4) is 0 Å². The lowest BCUT2D eigenvalue weighted by Crippen LogP contribution is -2.30. The summed E-state index contributed by atoms with van der Waals surface area (Å²) in [7, 11) is 0. The van der Waals surface area contributed by atoms with E-state index in [2.05, 4.69) is 21.9 Å². The number of halogens is 5. The summed E-state index contributed by atoms with van der Waals surface area (Å²) in [4.78, 5) is 0. The fourth-order valence-corrected chi connectivity index (χ4v) is 4.64. The first-order chi connectivity index (χ1) is 18.8. The van der Waals surface area contributed by atoms with Crippen LogP contribution in [0.1, 0.15) is 55.1 Å². The number of aromatic nitrogens is 2. The van der Waals surface area contributed by atoms with Crippen molar-refractivity contribution < 1.29 is 31.4 Å². The van der Waals surface area contributed by atoms with E-state index in [1.165, 1.54) is 41.6 Å². The fraction of sp³-hybridized carbons (Fsp3) is 0.323. The predicted octanol–water partition coefficient (Wildman–Crippen LogP) is 8.80. The number of aryl methyl sites for hydroxylation is 2. The van der Waals surface area contributed by atoms with Crippen molar-refractivity contribution in [2.75, 3.05) is 0 Å². The molecule has 1 N–H and O–H groups in total. The minimum atomic E-state index is -4.83. The van der Waals surface area contributed by atoms with Gasteiger partial charge in [-0.05, 0) is 72.7 Å². The summed E-state index contributed by atoms with van der Waals surface area (Å²) in [5.74, 6) is -0.364. The van der Waals surface area contributed by atoms with E-state index in [-0.39, 0.29) is 11.5 Å². The summed E-state index contributed by atoms with van der Waals surface area (Å²) >= 11 is 0. The average molecular weight is 561 g/mol. The number of aromatic amines is 1. The van der Waals surface area contributed by atoms with Crippen molar-refractivity contribution in [3.63, 3.8) is 0 Å².